The minimum absolute atomic E-state index is 0. The average molecular weight is 504 g/mol. The number of halogens is 5. The lowest BCUT2D eigenvalue weighted by Gasteiger charge is -2.27. The Hall–Kier alpha value is -3.21. The quantitative estimate of drug-likeness (QED) is 0.177. The Morgan fingerprint density at radius 1 is 0.618 bits per heavy atom. The highest BCUT2D eigenvalue weighted by Gasteiger charge is 2.55. The topological polar surface area (TPSA) is 21.6 Å². The van der Waals surface area contributed by atoms with Gasteiger partial charge in [-0.3, -0.25) is 0 Å². The van der Waals surface area contributed by atoms with Crippen LogP contribution in [0.4, 0.5) is 23.2 Å². The highest BCUT2D eigenvalue weighted by atomic mass is 35.5. The van der Waals surface area contributed by atoms with Gasteiger partial charge in [-0.05, 0) is 60.7 Å². The highest BCUT2D eigenvalue weighted by Crippen LogP contribution is 2.57. The van der Waals surface area contributed by atoms with Gasteiger partial charge in [-0.1, -0.05) is 54.6 Å². The summed E-state index contributed by atoms with van der Waals surface area (Å²) >= 11 is 0. The molecule has 0 aliphatic heterocycles. The second-order valence-corrected chi connectivity index (χ2v) is 10.0. The molecule has 0 N–H and O–H groups in total. The maximum atomic E-state index is 14.3. The molecule has 4 aromatic rings. The fourth-order valence-corrected chi connectivity index (χ4v) is 6.81. The first-order valence-corrected chi connectivity index (χ1v) is 11.8. The molecule has 0 amide bonds. The van der Waals surface area contributed by atoms with Crippen molar-refractivity contribution in [1.82, 2.24) is 0 Å². The van der Waals surface area contributed by atoms with Gasteiger partial charge in [0.05, 0.1) is 5.69 Å². The smallest absolute Gasteiger partial charge is 0.473 e. The minimum Gasteiger partial charge on any atom is -1.00 e. The summed E-state index contributed by atoms with van der Waals surface area (Å²) in [5.41, 5.74) is -0.0592. The van der Waals surface area contributed by atoms with Crippen LogP contribution in [0.25, 0.3) is 0 Å². The van der Waals surface area contributed by atoms with E-state index in [0.717, 1.165) is 12.1 Å². The molecular weight excluding hydrogens is 485 g/mol. The molecule has 0 heterocycles. The molecule has 0 bridgehead atoms. The first kappa shape index (κ1) is 25.4. The summed E-state index contributed by atoms with van der Waals surface area (Å²) < 4.78 is 62.1. The normalized spacial score (nSPS) is 12.1. The first-order chi connectivity index (χ1) is 15.9. The molecule has 0 atom stereocenters. The lowest BCUT2D eigenvalue weighted by Crippen LogP contribution is -3.00. The van der Waals surface area contributed by atoms with Gasteiger partial charge in [0.2, 0.25) is 0 Å². The Balaban J connectivity index is 0.00000324. The van der Waals surface area contributed by atoms with Crippen molar-refractivity contribution in [2.45, 2.75) is 6.18 Å². The Morgan fingerprint density at radius 2 is 1.00 bits per heavy atom. The standard InChI is InChI=1S/C26H19F4NOP.ClH/c27-20-16-18-21(19-17-20)31-25(26(28,29)30)32-33(22-10-4-1-5-11-22,23-12-6-2-7-13-23)24-14-8-3-9-15-24;/h1-19H;1H/q+1;/p-1. The fourth-order valence-electron chi connectivity index (χ4n) is 3.42. The molecule has 34 heavy (non-hydrogen) atoms. The van der Waals surface area contributed by atoms with Crippen LogP contribution >= 0.6 is 7.49 Å². The van der Waals surface area contributed by atoms with Gasteiger partial charge in [0.15, 0.2) is 0 Å². The molecule has 0 aliphatic carbocycles. The zero-order valence-corrected chi connectivity index (χ0v) is 19.3. The lowest BCUT2D eigenvalue weighted by molar-refractivity contribution is -0.0703. The van der Waals surface area contributed by atoms with Crippen LogP contribution in [0.15, 0.2) is 120 Å². The average Bonchev–Trinajstić information content (AvgIpc) is 2.84. The molecule has 4 aromatic carbocycles. The van der Waals surface area contributed by atoms with Gasteiger partial charge >= 0.3 is 12.1 Å². The second kappa shape index (κ2) is 10.8. The predicted molar refractivity (Wildman–Crippen MR) is 126 cm³/mol. The largest absolute Gasteiger partial charge is 1.00 e. The molecule has 0 aliphatic rings. The molecule has 174 valence electrons. The summed E-state index contributed by atoms with van der Waals surface area (Å²) in [6.07, 6.45) is -4.88. The summed E-state index contributed by atoms with van der Waals surface area (Å²) in [5.74, 6) is -1.96. The molecule has 2 nitrogen and oxygen atoms in total. The highest BCUT2D eigenvalue weighted by molar-refractivity contribution is 7.92. The van der Waals surface area contributed by atoms with Crippen molar-refractivity contribution < 1.29 is 34.5 Å². The zero-order chi connectivity index (χ0) is 23.3. The van der Waals surface area contributed by atoms with Crippen molar-refractivity contribution >= 4 is 35.0 Å². The third-order valence-corrected chi connectivity index (χ3v) is 8.41. The molecule has 0 saturated carbocycles. The Labute approximate surface area is 201 Å². The fraction of sp³-hybridized carbons (Fsp3) is 0.0385. The number of alkyl halides is 3. The van der Waals surface area contributed by atoms with E-state index in [9.17, 15) is 17.6 Å². The Morgan fingerprint density at radius 3 is 1.35 bits per heavy atom. The maximum absolute atomic E-state index is 14.3. The van der Waals surface area contributed by atoms with Crippen LogP contribution in [0, 0.1) is 5.82 Å². The van der Waals surface area contributed by atoms with Crippen molar-refractivity contribution in [3.05, 3.63) is 121 Å². The molecule has 0 radical (unpaired) electrons. The molecule has 0 aromatic heterocycles. The van der Waals surface area contributed by atoms with Gasteiger partial charge in [0.25, 0.3) is 7.49 Å². The van der Waals surface area contributed by atoms with Gasteiger partial charge in [-0.2, -0.15) is 13.2 Å². The number of hydrogen-bond acceptors (Lipinski definition) is 2. The molecule has 8 heteroatoms. The van der Waals surface area contributed by atoms with Crippen LogP contribution in [0.3, 0.4) is 0 Å². The maximum Gasteiger partial charge on any atom is 0.473 e. The number of aliphatic imine (C=N–C) groups is 1. The van der Waals surface area contributed by atoms with Gasteiger partial charge in [-0.25, -0.2) is 9.38 Å². The third kappa shape index (κ3) is 5.46. The number of nitrogens with zero attached hydrogens (tertiary/aromatic N) is 1. The summed E-state index contributed by atoms with van der Waals surface area (Å²) in [7, 11) is -3.28. The summed E-state index contributed by atoms with van der Waals surface area (Å²) in [5, 5.41) is 1.83. The van der Waals surface area contributed by atoms with E-state index in [4.69, 9.17) is 4.52 Å². The number of benzene rings is 4. The molecule has 4 rings (SSSR count). The van der Waals surface area contributed by atoms with E-state index < -0.39 is 25.4 Å². The van der Waals surface area contributed by atoms with Crippen LogP contribution in [0.5, 0.6) is 0 Å². The lowest BCUT2D eigenvalue weighted by atomic mass is 10.3. The van der Waals surface area contributed by atoms with Crippen LogP contribution < -0.4 is 28.3 Å². The van der Waals surface area contributed by atoms with Crippen molar-refractivity contribution in [3.8, 4) is 0 Å². The number of hydrogen-bond donors (Lipinski definition) is 0. The van der Waals surface area contributed by atoms with Gasteiger partial charge in [-0.15, -0.1) is 0 Å². The van der Waals surface area contributed by atoms with Crippen molar-refractivity contribution in [2.24, 2.45) is 4.99 Å². The zero-order valence-electron chi connectivity index (χ0n) is 17.7. The summed E-state index contributed by atoms with van der Waals surface area (Å²) in [6.45, 7) is 0. The first-order valence-electron chi connectivity index (χ1n) is 10.1. The minimum atomic E-state index is -4.88. The van der Waals surface area contributed by atoms with E-state index in [1.165, 1.54) is 12.1 Å². The molecule has 0 spiro atoms. The Kier molecular flexibility index (Phi) is 8.08. The summed E-state index contributed by atoms with van der Waals surface area (Å²) in [6, 6.07) is 31.0. The van der Waals surface area contributed by atoms with Crippen molar-refractivity contribution in [3.63, 3.8) is 0 Å². The third-order valence-electron chi connectivity index (χ3n) is 4.88. The van der Waals surface area contributed by atoms with Gasteiger partial charge in [0, 0.05) is 0 Å². The van der Waals surface area contributed by atoms with Gasteiger partial charge in [0.1, 0.15) is 21.7 Å². The Bertz CT molecular complexity index is 1120. The number of rotatable bonds is 5. The van der Waals surface area contributed by atoms with E-state index in [1.807, 2.05) is 0 Å². The monoisotopic (exact) mass is 503 g/mol. The predicted octanol–water partition coefficient (Wildman–Crippen LogP) is 3.35. The van der Waals surface area contributed by atoms with E-state index in [-0.39, 0.29) is 18.1 Å². The second-order valence-electron chi connectivity index (χ2n) is 7.10. The van der Waals surface area contributed by atoms with Crippen LogP contribution in [-0.2, 0) is 4.52 Å². The molecule has 0 saturated heterocycles. The van der Waals surface area contributed by atoms with Crippen LogP contribution in [0.1, 0.15) is 0 Å². The van der Waals surface area contributed by atoms with Crippen LogP contribution in [0.2, 0.25) is 0 Å². The van der Waals surface area contributed by atoms with E-state index in [0.29, 0.717) is 15.9 Å². The van der Waals surface area contributed by atoms with E-state index in [1.54, 1.807) is 91.0 Å². The van der Waals surface area contributed by atoms with Crippen molar-refractivity contribution in [2.75, 3.05) is 0 Å². The van der Waals surface area contributed by atoms with Crippen LogP contribution in [-0.4, -0.2) is 12.1 Å². The molecule has 0 fully saturated rings. The molecule has 0 unspecified atom stereocenters. The molecular formula is C26H19ClF4NOP. The van der Waals surface area contributed by atoms with Gasteiger partial charge < -0.3 is 16.9 Å². The van der Waals surface area contributed by atoms with E-state index >= 15 is 0 Å². The van der Waals surface area contributed by atoms with Crippen molar-refractivity contribution in [1.29, 1.82) is 0 Å². The van der Waals surface area contributed by atoms with E-state index in [2.05, 4.69) is 4.99 Å². The SMILES string of the molecule is Fc1ccc(N=C(O[P+](c2ccccc2)(c2ccccc2)c2ccccc2)C(F)(F)F)cc1.[Cl-]. The summed E-state index contributed by atoms with van der Waals surface area (Å²) in [4.78, 5) is 3.76.